The molecule has 3 heterocycles. The zero-order chi connectivity index (χ0) is 7.97. The summed E-state index contributed by atoms with van der Waals surface area (Å²) in [4.78, 5) is 22.0. The van der Waals surface area contributed by atoms with Crippen molar-refractivity contribution in [3.8, 4) is 0 Å². The van der Waals surface area contributed by atoms with Crippen LogP contribution in [0, 0.1) is 0 Å². The van der Waals surface area contributed by atoms with Crippen LogP contribution >= 0.6 is 0 Å². The summed E-state index contributed by atoms with van der Waals surface area (Å²) in [6, 6.07) is 0. The number of fused-ring (bicyclic) bond motifs is 2. The van der Waals surface area contributed by atoms with Crippen LogP contribution in [0.15, 0.2) is 12.7 Å². The molecule has 0 bridgehead atoms. The Balaban J connectivity index is 0.000000490. The van der Waals surface area contributed by atoms with Gasteiger partial charge in [-0.2, -0.15) is 0 Å². The van der Waals surface area contributed by atoms with E-state index >= 15 is 0 Å². The standard InChI is InChI=1S/C6H4N6.2H2/c1-7-3-4(8-1)12-6-5(11-3)9-2-10-6;;/h1-2H,(H2,7,8,9,10,11,12);2*1H. The zero-order valence-electron chi connectivity index (χ0n) is 5.94. The summed E-state index contributed by atoms with van der Waals surface area (Å²) in [6.07, 6.45) is 3.12. The number of rotatable bonds is 0. The molecule has 6 nitrogen and oxygen atoms in total. The monoisotopic (exact) mass is 164 g/mol. The van der Waals surface area contributed by atoms with Gasteiger partial charge in [0.15, 0.2) is 22.6 Å². The Bertz CT molecular complexity index is 452. The van der Waals surface area contributed by atoms with Crippen LogP contribution in [0.4, 0.5) is 0 Å². The van der Waals surface area contributed by atoms with Gasteiger partial charge in [-0.25, -0.2) is 19.9 Å². The summed E-state index contributed by atoms with van der Waals surface area (Å²) in [5.41, 5.74) is 2.53. The summed E-state index contributed by atoms with van der Waals surface area (Å²) >= 11 is 0. The van der Waals surface area contributed by atoms with Crippen molar-refractivity contribution in [1.82, 2.24) is 29.9 Å². The van der Waals surface area contributed by atoms with Crippen LogP contribution in [-0.2, 0) is 0 Å². The Morgan fingerprint density at radius 2 is 1.50 bits per heavy atom. The first-order chi connectivity index (χ1) is 5.93. The van der Waals surface area contributed by atoms with Crippen molar-refractivity contribution in [2.75, 3.05) is 0 Å². The largest absolute Gasteiger partial charge is 0.328 e. The average molecular weight is 164 g/mol. The SMILES string of the molecule is [HH].[HH].c1nc2nc3nc[nH]c3nc2[nH]1. The first-order valence-electron chi connectivity index (χ1n) is 3.44. The molecular formula is C6H8N6. The molecule has 12 heavy (non-hydrogen) atoms. The molecule has 0 aliphatic carbocycles. The third kappa shape index (κ3) is 0.584. The van der Waals surface area contributed by atoms with Crippen molar-refractivity contribution in [2.45, 2.75) is 0 Å². The Kier molecular flexibility index (Phi) is 0.840. The molecule has 0 radical (unpaired) electrons. The number of hydrogen-bond acceptors (Lipinski definition) is 4. The van der Waals surface area contributed by atoms with E-state index in [1.165, 1.54) is 0 Å². The quantitative estimate of drug-likeness (QED) is 0.512. The van der Waals surface area contributed by atoms with Gasteiger partial charge in [-0.3, -0.25) is 0 Å². The van der Waals surface area contributed by atoms with Crippen molar-refractivity contribution in [1.29, 1.82) is 0 Å². The minimum Gasteiger partial charge on any atom is -0.328 e. The molecular weight excluding hydrogens is 156 g/mol. The number of hydrogen-bond donors (Lipinski definition) is 2. The van der Waals surface area contributed by atoms with E-state index in [9.17, 15) is 0 Å². The molecule has 0 aliphatic heterocycles. The van der Waals surface area contributed by atoms with E-state index in [1.807, 2.05) is 0 Å². The second-order valence-corrected chi connectivity index (χ2v) is 2.37. The number of aromatic nitrogens is 6. The first kappa shape index (κ1) is 5.64. The normalized spacial score (nSPS) is 11.3. The second-order valence-electron chi connectivity index (χ2n) is 2.37. The molecule has 0 amide bonds. The lowest BCUT2D eigenvalue weighted by molar-refractivity contribution is 1.28. The maximum absolute atomic E-state index is 4.20. The van der Waals surface area contributed by atoms with Crippen LogP contribution in [0.25, 0.3) is 22.6 Å². The molecule has 3 rings (SSSR count). The molecule has 0 saturated heterocycles. The van der Waals surface area contributed by atoms with E-state index in [0.29, 0.717) is 22.6 Å². The summed E-state index contributed by atoms with van der Waals surface area (Å²) in [5.74, 6) is 0. The number of imidazole rings is 2. The summed E-state index contributed by atoms with van der Waals surface area (Å²) in [5, 5.41) is 0. The zero-order valence-corrected chi connectivity index (χ0v) is 5.94. The lowest BCUT2D eigenvalue weighted by Gasteiger charge is -1.86. The molecule has 0 fully saturated rings. The highest BCUT2D eigenvalue weighted by atomic mass is 15.1. The number of nitrogens with zero attached hydrogens (tertiary/aromatic N) is 4. The number of H-pyrrole nitrogens is 2. The molecule has 0 spiro atoms. The Morgan fingerprint density at radius 1 is 0.917 bits per heavy atom. The van der Waals surface area contributed by atoms with Gasteiger partial charge in [0.2, 0.25) is 0 Å². The van der Waals surface area contributed by atoms with Crippen molar-refractivity contribution in [3.05, 3.63) is 12.7 Å². The van der Waals surface area contributed by atoms with Crippen LogP contribution in [-0.4, -0.2) is 29.9 Å². The minimum atomic E-state index is 0. The van der Waals surface area contributed by atoms with Crippen LogP contribution in [0.5, 0.6) is 0 Å². The number of aromatic amines is 2. The summed E-state index contributed by atoms with van der Waals surface area (Å²) < 4.78 is 0. The molecule has 0 unspecified atom stereocenters. The van der Waals surface area contributed by atoms with Gasteiger partial charge in [0, 0.05) is 2.85 Å². The molecule has 6 heteroatoms. The first-order valence-corrected chi connectivity index (χ1v) is 3.44. The number of nitrogens with one attached hydrogen (secondary N) is 2. The van der Waals surface area contributed by atoms with E-state index < -0.39 is 0 Å². The van der Waals surface area contributed by atoms with E-state index in [4.69, 9.17) is 0 Å². The third-order valence-corrected chi connectivity index (χ3v) is 1.64. The van der Waals surface area contributed by atoms with E-state index in [0.717, 1.165) is 0 Å². The fraction of sp³-hybridized carbons (Fsp3) is 0. The maximum Gasteiger partial charge on any atom is 0.199 e. The third-order valence-electron chi connectivity index (χ3n) is 1.64. The van der Waals surface area contributed by atoms with Gasteiger partial charge in [0.1, 0.15) is 0 Å². The van der Waals surface area contributed by atoms with Gasteiger partial charge < -0.3 is 9.97 Å². The van der Waals surface area contributed by atoms with E-state index in [2.05, 4.69) is 29.9 Å². The van der Waals surface area contributed by atoms with Crippen LogP contribution in [0.2, 0.25) is 0 Å². The highest BCUT2D eigenvalue weighted by Crippen LogP contribution is 2.07. The lowest BCUT2D eigenvalue weighted by Crippen LogP contribution is -1.84. The van der Waals surface area contributed by atoms with Gasteiger partial charge in [-0.05, 0) is 0 Å². The van der Waals surface area contributed by atoms with Crippen molar-refractivity contribution >= 4 is 22.6 Å². The molecule has 0 aromatic carbocycles. The van der Waals surface area contributed by atoms with Gasteiger partial charge in [0.05, 0.1) is 12.7 Å². The molecule has 0 saturated carbocycles. The van der Waals surface area contributed by atoms with Crippen molar-refractivity contribution in [3.63, 3.8) is 0 Å². The minimum absolute atomic E-state index is 0. The van der Waals surface area contributed by atoms with Gasteiger partial charge >= 0.3 is 0 Å². The van der Waals surface area contributed by atoms with Crippen LogP contribution in [0.1, 0.15) is 2.85 Å². The maximum atomic E-state index is 4.20. The smallest absolute Gasteiger partial charge is 0.199 e. The summed E-state index contributed by atoms with van der Waals surface area (Å²) in [7, 11) is 0. The molecule has 3 aromatic heterocycles. The predicted octanol–water partition coefficient (Wildman–Crippen LogP) is 0.721. The van der Waals surface area contributed by atoms with Crippen molar-refractivity contribution < 1.29 is 2.85 Å². The fourth-order valence-electron chi connectivity index (χ4n) is 1.10. The lowest BCUT2D eigenvalue weighted by atomic mass is 10.6. The molecule has 62 valence electrons. The second kappa shape index (κ2) is 1.79. The highest BCUT2D eigenvalue weighted by Gasteiger charge is 2.03. The molecule has 3 aromatic rings. The Morgan fingerprint density at radius 3 is 2.08 bits per heavy atom. The van der Waals surface area contributed by atoms with Gasteiger partial charge in [-0.15, -0.1) is 0 Å². The average Bonchev–Trinajstić information content (AvgIpc) is 2.64. The van der Waals surface area contributed by atoms with E-state index in [1.54, 1.807) is 12.7 Å². The predicted molar refractivity (Wildman–Crippen MR) is 45.6 cm³/mol. The van der Waals surface area contributed by atoms with Gasteiger partial charge in [0.25, 0.3) is 0 Å². The van der Waals surface area contributed by atoms with Gasteiger partial charge in [-0.1, -0.05) is 0 Å². The molecule has 0 atom stereocenters. The Hall–Kier alpha value is -1.98. The molecule has 2 N–H and O–H groups in total. The fourth-order valence-corrected chi connectivity index (χ4v) is 1.10. The van der Waals surface area contributed by atoms with Crippen LogP contribution in [0.3, 0.4) is 0 Å². The summed E-state index contributed by atoms with van der Waals surface area (Å²) in [6.45, 7) is 0. The van der Waals surface area contributed by atoms with Crippen molar-refractivity contribution in [2.24, 2.45) is 0 Å². The van der Waals surface area contributed by atoms with Crippen LogP contribution < -0.4 is 0 Å². The highest BCUT2D eigenvalue weighted by molar-refractivity contribution is 5.76. The van der Waals surface area contributed by atoms with E-state index in [-0.39, 0.29) is 2.85 Å². The topological polar surface area (TPSA) is 83.1 Å². The molecule has 0 aliphatic rings. The Labute approximate surface area is 69.1 Å².